The van der Waals surface area contributed by atoms with Crippen molar-refractivity contribution in [1.82, 2.24) is 8.61 Å². The Labute approximate surface area is 177 Å². The monoisotopic (exact) mass is 429 g/mol. The lowest BCUT2D eigenvalue weighted by molar-refractivity contribution is -0.121. The number of benzene rings is 2. The fraction of sp³-hybridized carbons (Fsp3) is 0.409. The summed E-state index contributed by atoms with van der Waals surface area (Å²) in [5.41, 5.74) is 1.33. The van der Waals surface area contributed by atoms with Crippen LogP contribution in [0.5, 0.6) is 5.75 Å². The summed E-state index contributed by atoms with van der Waals surface area (Å²) in [4.78, 5) is 13.4. The molecule has 1 saturated heterocycles. The van der Waals surface area contributed by atoms with Crippen LogP contribution in [0.25, 0.3) is 0 Å². The average Bonchev–Trinajstić information content (AvgIpc) is 3.27. The van der Waals surface area contributed by atoms with Gasteiger partial charge in [0.2, 0.25) is 5.91 Å². The molecule has 1 fully saturated rings. The van der Waals surface area contributed by atoms with Crippen molar-refractivity contribution in [1.29, 1.82) is 0 Å². The van der Waals surface area contributed by atoms with Gasteiger partial charge in [0.25, 0.3) is 10.2 Å². The van der Waals surface area contributed by atoms with E-state index in [4.69, 9.17) is 4.74 Å². The Morgan fingerprint density at radius 3 is 2.63 bits per heavy atom. The Hall–Kier alpha value is -2.42. The number of rotatable bonds is 5. The largest absolute Gasteiger partial charge is 0.497 e. The minimum atomic E-state index is -3.80. The molecule has 2 atom stereocenters. The number of anilines is 1. The topological polar surface area (TPSA) is 79.0 Å². The van der Waals surface area contributed by atoms with Crippen LogP contribution in [0.3, 0.4) is 0 Å². The molecule has 0 aromatic heterocycles. The molecule has 2 aliphatic rings. The van der Waals surface area contributed by atoms with E-state index < -0.39 is 21.7 Å². The van der Waals surface area contributed by atoms with Crippen molar-refractivity contribution < 1.29 is 17.9 Å². The minimum Gasteiger partial charge on any atom is -0.497 e. The summed E-state index contributed by atoms with van der Waals surface area (Å²) in [5.74, 6) is 0.456. The van der Waals surface area contributed by atoms with E-state index in [1.54, 1.807) is 14.2 Å². The first-order valence-electron chi connectivity index (χ1n) is 10.0. The average molecular weight is 430 g/mol. The maximum Gasteiger partial charge on any atom is 0.282 e. The van der Waals surface area contributed by atoms with Gasteiger partial charge in [-0.25, -0.2) is 0 Å². The number of para-hydroxylation sites is 1. The summed E-state index contributed by atoms with van der Waals surface area (Å²) in [6.45, 7) is 3.92. The molecular weight excluding hydrogens is 402 g/mol. The van der Waals surface area contributed by atoms with Crippen molar-refractivity contribution in [2.75, 3.05) is 26.0 Å². The molecule has 2 aliphatic heterocycles. The normalized spacial score (nSPS) is 23.9. The van der Waals surface area contributed by atoms with Gasteiger partial charge in [0.1, 0.15) is 5.75 Å². The maximum absolute atomic E-state index is 13.6. The number of carbonyl (C=O) groups excluding carboxylic acids is 1. The number of hydrogen-bond acceptors (Lipinski definition) is 4. The van der Waals surface area contributed by atoms with E-state index in [1.165, 1.54) is 8.61 Å². The number of carbonyl (C=O) groups is 1. The molecule has 4 rings (SSSR count). The van der Waals surface area contributed by atoms with Crippen LogP contribution >= 0.6 is 0 Å². The fourth-order valence-corrected chi connectivity index (χ4v) is 6.35. The molecule has 1 amide bonds. The first-order valence-corrected chi connectivity index (χ1v) is 11.4. The molecule has 1 N–H and O–H groups in total. The number of amides is 1. The van der Waals surface area contributed by atoms with E-state index >= 15 is 0 Å². The van der Waals surface area contributed by atoms with Crippen molar-refractivity contribution >= 4 is 21.8 Å². The zero-order valence-electron chi connectivity index (χ0n) is 17.6. The Bertz CT molecular complexity index is 1090. The van der Waals surface area contributed by atoms with Crippen molar-refractivity contribution in [2.45, 2.75) is 37.8 Å². The first-order chi connectivity index (χ1) is 14.2. The van der Waals surface area contributed by atoms with Gasteiger partial charge in [-0.05, 0) is 49.6 Å². The summed E-state index contributed by atoms with van der Waals surface area (Å²) < 4.78 is 35.3. The lowest BCUT2D eigenvalue weighted by Gasteiger charge is -2.36. The number of ether oxygens (including phenoxy) is 1. The van der Waals surface area contributed by atoms with Crippen LogP contribution in [0.15, 0.2) is 48.5 Å². The highest BCUT2D eigenvalue weighted by Crippen LogP contribution is 2.55. The molecule has 1 spiro atoms. The van der Waals surface area contributed by atoms with E-state index in [9.17, 15) is 13.2 Å². The lowest BCUT2D eigenvalue weighted by atomic mass is 9.73. The third-order valence-electron chi connectivity index (χ3n) is 6.34. The van der Waals surface area contributed by atoms with E-state index in [0.717, 1.165) is 16.8 Å². The van der Waals surface area contributed by atoms with Gasteiger partial charge < -0.3 is 10.1 Å². The van der Waals surface area contributed by atoms with Gasteiger partial charge in [-0.15, -0.1) is 0 Å². The molecule has 0 aliphatic carbocycles. The molecular formula is C22H27N3O4S. The first kappa shape index (κ1) is 20.8. The predicted octanol–water partition coefficient (Wildman–Crippen LogP) is 2.92. The highest BCUT2D eigenvalue weighted by Gasteiger charge is 2.61. The van der Waals surface area contributed by atoms with Gasteiger partial charge in [-0.3, -0.25) is 4.79 Å². The van der Waals surface area contributed by atoms with Gasteiger partial charge in [-0.2, -0.15) is 17.0 Å². The number of nitrogens with zero attached hydrogens (tertiary/aromatic N) is 2. The van der Waals surface area contributed by atoms with Crippen LogP contribution in [0.4, 0.5) is 5.69 Å². The molecule has 8 heteroatoms. The maximum atomic E-state index is 13.6. The zero-order chi connectivity index (χ0) is 21.7. The lowest BCUT2D eigenvalue weighted by Crippen LogP contribution is -2.48. The van der Waals surface area contributed by atoms with Gasteiger partial charge in [0.05, 0.1) is 18.6 Å². The van der Waals surface area contributed by atoms with Crippen LogP contribution in [-0.2, 0) is 20.4 Å². The Kier molecular flexibility index (Phi) is 5.12. The Morgan fingerprint density at radius 2 is 1.93 bits per heavy atom. The summed E-state index contributed by atoms with van der Waals surface area (Å²) in [7, 11) is -0.647. The second-order valence-electron chi connectivity index (χ2n) is 8.13. The quantitative estimate of drug-likeness (QED) is 0.793. The second kappa shape index (κ2) is 7.37. The standard InChI is InChI=1S/C22H27N3O4S/c1-15(2)24(3)30(27,28)25-13-12-22(18-10-5-6-11-19(18)23-21(22)26)20(25)16-8-7-9-17(14-16)29-4/h5-11,14-15,20H,12-13H2,1-4H3,(H,23,26)/t20-,22+/m0/s1. The molecule has 2 aromatic rings. The van der Waals surface area contributed by atoms with Crippen molar-refractivity contribution in [3.8, 4) is 5.75 Å². The van der Waals surface area contributed by atoms with E-state index in [0.29, 0.717) is 12.2 Å². The molecule has 160 valence electrons. The highest BCUT2D eigenvalue weighted by molar-refractivity contribution is 7.86. The molecule has 0 saturated carbocycles. The van der Waals surface area contributed by atoms with Crippen LogP contribution in [0.2, 0.25) is 0 Å². The summed E-state index contributed by atoms with van der Waals surface area (Å²) >= 11 is 0. The Balaban J connectivity index is 1.94. The number of fused-ring (bicyclic) bond motifs is 2. The van der Waals surface area contributed by atoms with Crippen molar-refractivity contribution in [2.24, 2.45) is 0 Å². The van der Waals surface area contributed by atoms with Gasteiger partial charge >= 0.3 is 0 Å². The van der Waals surface area contributed by atoms with Gasteiger partial charge in [-0.1, -0.05) is 30.3 Å². The molecule has 0 unspecified atom stereocenters. The molecule has 2 aromatic carbocycles. The zero-order valence-corrected chi connectivity index (χ0v) is 18.4. The predicted molar refractivity (Wildman–Crippen MR) is 116 cm³/mol. The van der Waals surface area contributed by atoms with Gasteiger partial charge in [0.15, 0.2) is 0 Å². The number of nitrogens with one attached hydrogen (secondary N) is 1. The Morgan fingerprint density at radius 1 is 1.20 bits per heavy atom. The summed E-state index contributed by atoms with van der Waals surface area (Å²) in [5, 5.41) is 2.98. The van der Waals surface area contributed by atoms with Crippen LogP contribution in [-0.4, -0.2) is 49.7 Å². The second-order valence-corrected chi connectivity index (χ2v) is 10.1. The third kappa shape index (κ3) is 2.93. The molecule has 30 heavy (non-hydrogen) atoms. The van der Waals surface area contributed by atoms with E-state index in [-0.39, 0.29) is 18.5 Å². The molecule has 2 heterocycles. The minimum absolute atomic E-state index is 0.165. The van der Waals surface area contributed by atoms with Crippen molar-refractivity contribution in [3.05, 3.63) is 59.7 Å². The number of hydrogen-bond donors (Lipinski definition) is 1. The van der Waals surface area contributed by atoms with Crippen LogP contribution < -0.4 is 10.1 Å². The van der Waals surface area contributed by atoms with Crippen molar-refractivity contribution in [3.63, 3.8) is 0 Å². The van der Waals surface area contributed by atoms with Crippen LogP contribution in [0.1, 0.15) is 37.4 Å². The molecule has 0 bridgehead atoms. The SMILES string of the molecule is COc1cccc([C@@H]2N(S(=O)(=O)N(C)C(C)C)CC[C@]23C(=O)Nc2ccccc23)c1. The highest BCUT2D eigenvalue weighted by atomic mass is 32.2. The van der Waals surface area contributed by atoms with Crippen LogP contribution in [0, 0.1) is 0 Å². The molecule has 0 radical (unpaired) electrons. The summed E-state index contributed by atoms with van der Waals surface area (Å²) in [6.07, 6.45) is 0.406. The summed E-state index contributed by atoms with van der Waals surface area (Å²) in [6, 6.07) is 14.0. The van der Waals surface area contributed by atoms with Gasteiger partial charge in [0, 0.05) is 25.3 Å². The smallest absolute Gasteiger partial charge is 0.282 e. The van der Waals surface area contributed by atoms with E-state index in [1.807, 2.05) is 62.4 Å². The third-order valence-corrected chi connectivity index (χ3v) is 8.47. The number of methoxy groups -OCH3 is 1. The van der Waals surface area contributed by atoms with E-state index in [2.05, 4.69) is 5.32 Å². The molecule has 7 nitrogen and oxygen atoms in total. The fourth-order valence-electron chi connectivity index (χ4n) is 4.60.